The normalized spacial score (nSPS) is 11.5. The number of ether oxygens (including phenoxy) is 1. The monoisotopic (exact) mass is 555 g/mol. The van der Waals surface area contributed by atoms with Gasteiger partial charge in [-0.15, -0.1) is 0 Å². The highest BCUT2D eigenvalue weighted by Gasteiger charge is 2.34. The average molecular weight is 556 g/mol. The fourth-order valence-corrected chi connectivity index (χ4v) is 3.90. The minimum absolute atomic E-state index is 0.0972. The van der Waals surface area contributed by atoms with Gasteiger partial charge in [0.05, 0.1) is 35.9 Å². The second-order valence-corrected chi connectivity index (χ2v) is 9.00. The maximum Gasteiger partial charge on any atom is 0.419 e. The molecule has 0 aliphatic carbocycles. The molecule has 3 aromatic heterocycles. The number of anilines is 4. The van der Waals surface area contributed by atoms with E-state index in [1.807, 2.05) is 30.9 Å². The van der Waals surface area contributed by atoms with Crippen LogP contribution in [-0.4, -0.2) is 76.5 Å². The maximum atomic E-state index is 13.4. The number of hydrogen-bond acceptors (Lipinski definition) is 9. The summed E-state index contributed by atoms with van der Waals surface area (Å²) in [5.74, 6) is 0.241. The number of carbonyl (C=O) groups is 1. The Bertz CT molecular complexity index is 1540. The van der Waals surface area contributed by atoms with E-state index in [1.165, 1.54) is 42.4 Å². The first-order valence-corrected chi connectivity index (χ1v) is 12.0. The van der Waals surface area contributed by atoms with Gasteiger partial charge in [0.1, 0.15) is 23.4 Å². The van der Waals surface area contributed by atoms with Crippen LogP contribution in [0.2, 0.25) is 0 Å². The van der Waals surface area contributed by atoms with Crippen molar-refractivity contribution in [2.75, 3.05) is 56.9 Å². The zero-order valence-electron chi connectivity index (χ0n) is 22.3. The van der Waals surface area contributed by atoms with Crippen LogP contribution in [0.5, 0.6) is 5.75 Å². The summed E-state index contributed by atoms with van der Waals surface area (Å²) in [6, 6.07) is 5.68. The SMILES string of the molecule is C=CC(=O)Nc1cc(Nc2ncnc(-c3cnc4c(C(F)(F)F)cccn34)n2)c(OC)cc1N(C)CCN(C)C. The molecule has 0 saturated carbocycles. The largest absolute Gasteiger partial charge is 0.494 e. The third-order valence-corrected chi connectivity index (χ3v) is 5.94. The van der Waals surface area contributed by atoms with Gasteiger partial charge in [0.15, 0.2) is 5.82 Å². The number of likely N-dealkylation sites (N-methyl/N-ethyl adjacent to an activating group) is 2. The van der Waals surface area contributed by atoms with Crippen molar-refractivity contribution >= 4 is 34.6 Å². The second-order valence-electron chi connectivity index (χ2n) is 9.00. The van der Waals surface area contributed by atoms with E-state index in [0.29, 0.717) is 29.4 Å². The van der Waals surface area contributed by atoms with Crippen molar-refractivity contribution in [3.8, 4) is 17.3 Å². The Hall–Kier alpha value is -4.72. The molecule has 0 bridgehead atoms. The highest BCUT2D eigenvalue weighted by atomic mass is 19.4. The number of nitrogens with zero attached hydrogens (tertiary/aromatic N) is 7. The fraction of sp³-hybridized carbons (Fsp3) is 0.269. The summed E-state index contributed by atoms with van der Waals surface area (Å²) in [6.45, 7) is 4.97. The van der Waals surface area contributed by atoms with Crippen LogP contribution in [-0.2, 0) is 11.0 Å². The van der Waals surface area contributed by atoms with Crippen LogP contribution in [0.1, 0.15) is 5.56 Å². The van der Waals surface area contributed by atoms with Gasteiger partial charge in [-0.3, -0.25) is 9.20 Å². The molecule has 0 aliphatic rings. The number of fused-ring (bicyclic) bond motifs is 1. The van der Waals surface area contributed by atoms with E-state index in [4.69, 9.17) is 4.74 Å². The summed E-state index contributed by atoms with van der Waals surface area (Å²) in [7, 11) is 7.33. The number of amides is 1. The lowest BCUT2D eigenvalue weighted by Gasteiger charge is -2.25. The zero-order chi connectivity index (χ0) is 29.0. The molecule has 1 amide bonds. The molecule has 4 rings (SSSR count). The van der Waals surface area contributed by atoms with Gasteiger partial charge in [-0.25, -0.2) is 15.0 Å². The molecule has 4 aromatic rings. The first-order chi connectivity index (χ1) is 19.0. The lowest BCUT2D eigenvalue weighted by Crippen LogP contribution is -2.29. The zero-order valence-corrected chi connectivity index (χ0v) is 22.3. The molecule has 11 nitrogen and oxygen atoms in total. The lowest BCUT2D eigenvalue weighted by atomic mass is 10.2. The van der Waals surface area contributed by atoms with Gasteiger partial charge < -0.3 is 25.2 Å². The molecule has 2 N–H and O–H groups in total. The topological polar surface area (TPSA) is 113 Å². The van der Waals surface area contributed by atoms with Gasteiger partial charge >= 0.3 is 6.18 Å². The van der Waals surface area contributed by atoms with E-state index in [9.17, 15) is 18.0 Å². The Morgan fingerprint density at radius 3 is 2.60 bits per heavy atom. The molecule has 210 valence electrons. The van der Waals surface area contributed by atoms with Gasteiger partial charge in [0, 0.05) is 32.4 Å². The Labute approximate surface area is 228 Å². The highest BCUT2D eigenvalue weighted by molar-refractivity contribution is 6.02. The van der Waals surface area contributed by atoms with Gasteiger partial charge in [0.25, 0.3) is 0 Å². The number of nitrogens with one attached hydrogen (secondary N) is 2. The molecule has 0 atom stereocenters. The summed E-state index contributed by atoms with van der Waals surface area (Å²) in [6.07, 6.45) is 0.546. The Balaban J connectivity index is 1.71. The number of imidazole rings is 1. The van der Waals surface area contributed by atoms with Crippen molar-refractivity contribution in [2.24, 2.45) is 0 Å². The van der Waals surface area contributed by atoms with E-state index >= 15 is 0 Å². The predicted molar refractivity (Wildman–Crippen MR) is 146 cm³/mol. The molecule has 3 heterocycles. The Kier molecular flexibility index (Phi) is 8.18. The summed E-state index contributed by atoms with van der Waals surface area (Å²) >= 11 is 0. The number of hydrogen-bond donors (Lipinski definition) is 2. The van der Waals surface area contributed by atoms with Crippen LogP contribution in [0.3, 0.4) is 0 Å². The van der Waals surface area contributed by atoms with Crippen LogP contribution in [0.15, 0.2) is 55.6 Å². The minimum Gasteiger partial charge on any atom is -0.494 e. The summed E-state index contributed by atoms with van der Waals surface area (Å²) in [5, 5.41) is 5.87. The fourth-order valence-electron chi connectivity index (χ4n) is 3.90. The minimum atomic E-state index is -4.57. The van der Waals surface area contributed by atoms with Crippen LogP contribution in [0.25, 0.3) is 17.2 Å². The Morgan fingerprint density at radius 1 is 1.15 bits per heavy atom. The first-order valence-electron chi connectivity index (χ1n) is 12.0. The number of carbonyl (C=O) groups excluding carboxylic acids is 1. The van der Waals surface area contributed by atoms with E-state index in [2.05, 4.69) is 37.1 Å². The van der Waals surface area contributed by atoms with E-state index in [0.717, 1.165) is 12.6 Å². The second kappa shape index (κ2) is 11.6. The third-order valence-electron chi connectivity index (χ3n) is 5.94. The highest BCUT2D eigenvalue weighted by Crippen LogP contribution is 2.38. The van der Waals surface area contributed by atoms with Crippen molar-refractivity contribution in [1.29, 1.82) is 0 Å². The number of benzene rings is 1. The van der Waals surface area contributed by atoms with Gasteiger partial charge in [0.2, 0.25) is 11.9 Å². The molecule has 40 heavy (non-hydrogen) atoms. The number of pyridine rings is 1. The summed E-state index contributed by atoms with van der Waals surface area (Å²) in [4.78, 5) is 32.8. The van der Waals surface area contributed by atoms with E-state index in [1.54, 1.807) is 12.1 Å². The van der Waals surface area contributed by atoms with E-state index < -0.39 is 17.6 Å². The molecule has 1 aromatic carbocycles. The molecule has 14 heteroatoms. The van der Waals surface area contributed by atoms with Gasteiger partial charge in [-0.05, 0) is 38.4 Å². The molecular weight excluding hydrogens is 527 g/mol. The van der Waals surface area contributed by atoms with Crippen LogP contribution in [0.4, 0.5) is 36.2 Å². The number of aromatic nitrogens is 5. The summed E-state index contributed by atoms with van der Waals surface area (Å²) < 4.78 is 47.2. The van der Waals surface area contributed by atoms with E-state index in [-0.39, 0.29) is 23.1 Å². The number of alkyl halides is 3. The van der Waals surface area contributed by atoms with Gasteiger partial charge in [-0.2, -0.15) is 18.2 Å². The molecule has 0 spiro atoms. The molecule has 0 fully saturated rings. The molecule has 0 saturated heterocycles. The number of methoxy groups -OCH3 is 1. The van der Waals surface area contributed by atoms with Crippen molar-refractivity contribution in [1.82, 2.24) is 29.2 Å². The van der Waals surface area contributed by atoms with Crippen LogP contribution >= 0.6 is 0 Å². The third kappa shape index (κ3) is 6.12. The van der Waals surface area contributed by atoms with Crippen molar-refractivity contribution in [3.63, 3.8) is 0 Å². The standard InChI is InChI=1S/C26H28F3N9O2/c1-6-22(39)33-17-12-18(21(40-5)13-19(17)37(4)11-10-36(2)3)34-25-32-15-31-23(35-25)20-14-30-24-16(26(27,28)29)8-7-9-38(20)24/h6-9,12-15H,1,10-11H2,2-5H3,(H,33,39)(H,31,32,34,35). The van der Waals surface area contributed by atoms with Crippen LogP contribution < -0.4 is 20.3 Å². The van der Waals surface area contributed by atoms with Gasteiger partial charge in [-0.1, -0.05) is 6.58 Å². The number of rotatable bonds is 10. The first kappa shape index (κ1) is 28.3. The summed E-state index contributed by atoms with van der Waals surface area (Å²) in [5.41, 5.74) is 0.741. The number of halogens is 3. The average Bonchev–Trinajstić information content (AvgIpc) is 3.35. The lowest BCUT2D eigenvalue weighted by molar-refractivity contribution is -0.136. The maximum absolute atomic E-state index is 13.4. The predicted octanol–water partition coefficient (Wildman–Crippen LogP) is 4.08. The molecular formula is C26H28F3N9O2. The Morgan fingerprint density at radius 2 is 1.93 bits per heavy atom. The molecule has 0 unspecified atom stereocenters. The van der Waals surface area contributed by atoms with Crippen LogP contribution in [0, 0.1) is 0 Å². The van der Waals surface area contributed by atoms with Crippen molar-refractivity contribution in [3.05, 3.63) is 61.2 Å². The smallest absolute Gasteiger partial charge is 0.419 e. The van der Waals surface area contributed by atoms with Crippen molar-refractivity contribution < 1.29 is 22.7 Å². The van der Waals surface area contributed by atoms with Crippen molar-refractivity contribution in [2.45, 2.75) is 6.18 Å². The molecule has 0 aliphatic heterocycles. The quantitative estimate of drug-likeness (QED) is 0.280. The molecule has 0 radical (unpaired) electrons.